The average Bonchev–Trinajstić information content (AvgIpc) is 2.79. The van der Waals surface area contributed by atoms with E-state index in [1.165, 1.54) is 0 Å². The summed E-state index contributed by atoms with van der Waals surface area (Å²) in [6.07, 6.45) is 0.839. The van der Waals surface area contributed by atoms with Crippen molar-refractivity contribution >= 4 is 28.0 Å². The smallest absolute Gasteiger partial charge is 0.410 e. The van der Waals surface area contributed by atoms with Gasteiger partial charge in [0, 0.05) is 17.6 Å². The summed E-state index contributed by atoms with van der Waals surface area (Å²) in [6.45, 7) is 12.0. The SMILES string of the molecule is C=C(Br)COC(=O)C1(CC)CCN(C(=O)OC(C)(C)C)C1. The molecule has 1 heterocycles. The van der Waals surface area contributed by atoms with Crippen LogP contribution in [0.15, 0.2) is 11.1 Å². The van der Waals surface area contributed by atoms with Crippen molar-refractivity contribution in [1.29, 1.82) is 0 Å². The normalized spacial score (nSPS) is 22.0. The van der Waals surface area contributed by atoms with Gasteiger partial charge in [0.1, 0.15) is 12.2 Å². The van der Waals surface area contributed by atoms with Crippen LogP contribution in [0.2, 0.25) is 0 Å². The first-order valence-electron chi connectivity index (χ1n) is 7.08. The van der Waals surface area contributed by atoms with Crippen LogP contribution >= 0.6 is 15.9 Å². The lowest BCUT2D eigenvalue weighted by molar-refractivity contribution is -0.154. The Balaban J connectivity index is 2.69. The number of likely N-dealkylation sites (tertiary alicyclic amines) is 1. The first kappa shape index (κ1) is 18.0. The molecule has 120 valence electrons. The fraction of sp³-hybridized carbons (Fsp3) is 0.733. The second-order valence-corrected chi connectivity index (χ2v) is 7.50. The molecule has 0 aliphatic carbocycles. The summed E-state index contributed by atoms with van der Waals surface area (Å²) < 4.78 is 11.2. The van der Waals surface area contributed by atoms with Crippen LogP contribution in [-0.2, 0) is 14.3 Å². The van der Waals surface area contributed by atoms with Crippen molar-refractivity contribution in [2.45, 2.75) is 46.1 Å². The lowest BCUT2D eigenvalue weighted by Gasteiger charge is -2.27. The van der Waals surface area contributed by atoms with Gasteiger partial charge in [0.05, 0.1) is 5.41 Å². The third-order valence-corrected chi connectivity index (χ3v) is 3.70. The highest BCUT2D eigenvalue weighted by atomic mass is 79.9. The first-order valence-corrected chi connectivity index (χ1v) is 7.87. The number of ether oxygens (including phenoxy) is 2. The molecule has 21 heavy (non-hydrogen) atoms. The van der Waals surface area contributed by atoms with Crippen molar-refractivity contribution in [1.82, 2.24) is 4.90 Å². The Morgan fingerprint density at radius 2 is 2.00 bits per heavy atom. The maximum atomic E-state index is 12.3. The summed E-state index contributed by atoms with van der Waals surface area (Å²) in [5, 5.41) is 0. The second-order valence-electron chi connectivity index (χ2n) is 6.38. The molecule has 0 spiro atoms. The minimum atomic E-state index is -0.640. The topological polar surface area (TPSA) is 55.8 Å². The fourth-order valence-corrected chi connectivity index (χ4v) is 2.37. The highest BCUT2D eigenvalue weighted by Gasteiger charge is 2.46. The van der Waals surface area contributed by atoms with Gasteiger partial charge in [0.15, 0.2) is 0 Å². The Hall–Kier alpha value is -1.04. The van der Waals surface area contributed by atoms with E-state index in [1.54, 1.807) is 4.90 Å². The predicted molar refractivity (Wildman–Crippen MR) is 84.2 cm³/mol. The summed E-state index contributed by atoms with van der Waals surface area (Å²) in [5.41, 5.74) is -1.18. The van der Waals surface area contributed by atoms with Crippen LogP contribution in [0, 0.1) is 5.41 Å². The van der Waals surface area contributed by atoms with Gasteiger partial charge in [-0.1, -0.05) is 29.4 Å². The molecule has 1 aliphatic rings. The predicted octanol–water partition coefficient (Wildman–Crippen LogP) is 3.48. The molecule has 0 aromatic heterocycles. The van der Waals surface area contributed by atoms with Crippen LogP contribution < -0.4 is 0 Å². The van der Waals surface area contributed by atoms with Gasteiger partial charge in [0.25, 0.3) is 0 Å². The fourth-order valence-electron chi connectivity index (χ4n) is 2.25. The molecule has 1 atom stereocenters. The van der Waals surface area contributed by atoms with Crippen LogP contribution in [0.25, 0.3) is 0 Å². The van der Waals surface area contributed by atoms with Gasteiger partial charge in [0.2, 0.25) is 0 Å². The second kappa shape index (κ2) is 6.81. The summed E-state index contributed by atoms with van der Waals surface area (Å²) in [5.74, 6) is -0.281. The van der Waals surface area contributed by atoms with E-state index in [1.807, 2.05) is 27.7 Å². The Kier molecular flexibility index (Phi) is 5.84. The Bertz CT molecular complexity index is 430. The molecular weight excluding hydrogens is 338 g/mol. The first-order chi connectivity index (χ1) is 9.59. The Morgan fingerprint density at radius 1 is 1.38 bits per heavy atom. The van der Waals surface area contributed by atoms with Crippen molar-refractivity contribution in [3.8, 4) is 0 Å². The average molecular weight is 362 g/mol. The molecule has 0 radical (unpaired) electrons. The molecular formula is C15H24BrNO4. The quantitative estimate of drug-likeness (QED) is 0.719. The number of nitrogens with zero attached hydrogens (tertiary/aromatic N) is 1. The van der Waals surface area contributed by atoms with Gasteiger partial charge in [-0.15, -0.1) is 0 Å². The van der Waals surface area contributed by atoms with Gasteiger partial charge in [-0.05, 0) is 33.6 Å². The Labute approximate surface area is 134 Å². The third-order valence-electron chi connectivity index (χ3n) is 3.48. The van der Waals surface area contributed by atoms with E-state index in [2.05, 4.69) is 22.5 Å². The monoisotopic (exact) mass is 361 g/mol. The number of esters is 1. The van der Waals surface area contributed by atoms with E-state index < -0.39 is 11.0 Å². The van der Waals surface area contributed by atoms with Crippen LogP contribution in [0.4, 0.5) is 4.79 Å². The molecule has 1 amide bonds. The van der Waals surface area contributed by atoms with Gasteiger partial charge >= 0.3 is 12.1 Å². The van der Waals surface area contributed by atoms with Crippen LogP contribution in [0.3, 0.4) is 0 Å². The molecule has 5 nitrogen and oxygen atoms in total. The van der Waals surface area contributed by atoms with E-state index in [-0.39, 0.29) is 18.7 Å². The molecule has 0 N–H and O–H groups in total. The van der Waals surface area contributed by atoms with Gasteiger partial charge in [-0.25, -0.2) is 4.79 Å². The molecule has 1 fully saturated rings. The van der Waals surface area contributed by atoms with Gasteiger partial charge in [-0.3, -0.25) is 4.79 Å². The lowest BCUT2D eigenvalue weighted by Crippen LogP contribution is -2.40. The third kappa shape index (κ3) is 5.02. The zero-order valence-corrected chi connectivity index (χ0v) is 14.8. The van der Waals surface area contributed by atoms with Crippen molar-refractivity contribution in [3.63, 3.8) is 0 Å². The zero-order chi connectivity index (χ0) is 16.3. The standard InChI is InChI=1S/C15H24BrNO4/c1-6-15(12(18)20-9-11(2)16)7-8-17(10-15)13(19)21-14(3,4)5/h2,6-10H2,1,3-5H3. The lowest BCUT2D eigenvalue weighted by atomic mass is 9.84. The summed E-state index contributed by atoms with van der Waals surface area (Å²) in [7, 11) is 0. The number of halogens is 1. The van der Waals surface area contributed by atoms with E-state index in [0.717, 1.165) is 0 Å². The molecule has 1 unspecified atom stereocenters. The molecule has 1 aliphatic heterocycles. The minimum Gasteiger partial charge on any atom is -0.460 e. The number of carbonyl (C=O) groups is 2. The highest BCUT2D eigenvalue weighted by Crippen LogP contribution is 2.36. The molecule has 0 bridgehead atoms. The van der Waals surface area contributed by atoms with Crippen molar-refractivity contribution in [3.05, 3.63) is 11.1 Å². The number of carbonyl (C=O) groups excluding carboxylic acids is 2. The van der Waals surface area contributed by atoms with Crippen molar-refractivity contribution < 1.29 is 19.1 Å². The largest absolute Gasteiger partial charge is 0.460 e. The summed E-state index contributed by atoms with van der Waals surface area (Å²) >= 11 is 3.16. The van der Waals surface area contributed by atoms with E-state index >= 15 is 0 Å². The van der Waals surface area contributed by atoms with Crippen LogP contribution in [0.1, 0.15) is 40.5 Å². The van der Waals surface area contributed by atoms with E-state index in [9.17, 15) is 9.59 Å². The maximum Gasteiger partial charge on any atom is 0.410 e. The number of hydrogen-bond donors (Lipinski definition) is 0. The zero-order valence-electron chi connectivity index (χ0n) is 13.2. The number of rotatable bonds is 4. The molecule has 1 rings (SSSR count). The molecule has 1 saturated heterocycles. The molecule has 0 aromatic carbocycles. The van der Waals surface area contributed by atoms with Gasteiger partial charge in [-0.2, -0.15) is 0 Å². The van der Waals surface area contributed by atoms with Crippen LogP contribution in [0.5, 0.6) is 0 Å². The highest BCUT2D eigenvalue weighted by molar-refractivity contribution is 9.11. The van der Waals surface area contributed by atoms with E-state index in [0.29, 0.717) is 30.4 Å². The van der Waals surface area contributed by atoms with Crippen LogP contribution in [-0.4, -0.2) is 42.3 Å². The summed E-state index contributed by atoms with van der Waals surface area (Å²) in [6, 6.07) is 0. The van der Waals surface area contributed by atoms with E-state index in [4.69, 9.17) is 9.47 Å². The van der Waals surface area contributed by atoms with Crippen molar-refractivity contribution in [2.75, 3.05) is 19.7 Å². The van der Waals surface area contributed by atoms with Crippen molar-refractivity contribution in [2.24, 2.45) is 5.41 Å². The van der Waals surface area contributed by atoms with Gasteiger partial charge < -0.3 is 14.4 Å². The number of amides is 1. The maximum absolute atomic E-state index is 12.3. The molecule has 0 aromatic rings. The summed E-state index contributed by atoms with van der Waals surface area (Å²) in [4.78, 5) is 26.0. The minimum absolute atomic E-state index is 0.146. The molecule has 6 heteroatoms. The number of hydrogen-bond acceptors (Lipinski definition) is 4. The molecule has 0 saturated carbocycles. The Morgan fingerprint density at radius 3 is 2.48 bits per heavy atom.